The van der Waals surface area contributed by atoms with Gasteiger partial charge in [-0.15, -0.1) is 0 Å². The van der Waals surface area contributed by atoms with Crippen molar-refractivity contribution in [1.82, 2.24) is 4.98 Å². The van der Waals surface area contributed by atoms with Gasteiger partial charge in [-0.05, 0) is 57.5 Å². The normalized spacial score (nSPS) is 12.6. The fraction of sp³-hybridized carbons (Fsp3) is 0.273. The van der Waals surface area contributed by atoms with Gasteiger partial charge in [-0.1, -0.05) is 29.8 Å². The second kappa shape index (κ2) is 7.57. The molecule has 0 amide bonds. The molecule has 4 nitrogen and oxygen atoms in total. The molecule has 27 heavy (non-hydrogen) atoms. The Bertz CT molecular complexity index is 979. The van der Waals surface area contributed by atoms with Crippen LogP contribution in [0.3, 0.4) is 0 Å². The van der Waals surface area contributed by atoms with Gasteiger partial charge in [0.15, 0.2) is 6.10 Å². The van der Waals surface area contributed by atoms with E-state index in [1.165, 1.54) is 0 Å². The van der Waals surface area contributed by atoms with Crippen molar-refractivity contribution < 1.29 is 14.3 Å². The lowest BCUT2D eigenvalue weighted by Gasteiger charge is -2.22. The van der Waals surface area contributed by atoms with Crippen LogP contribution in [0.1, 0.15) is 27.7 Å². The molecule has 0 aliphatic rings. The van der Waals surface area contributed by atoms with Crippen LogP contribution in [0.5, 0.6) is 5.75 Å². The first kappa shape index (κ1) is 19.2. The second-order valence-corrected chi connectivity index (χ2v) is 7.72. The van der Waals surface area contributed by atoms with E-state index in [9.17, 15) is 4.79 Å². The van der Waals surface area contributed by atoms with Gasteiger partial charge >= 0.3 is 5.97 Å². The summed E-state index contributed by atoms with van der Waals surface area (Å²) in [7, 11) is 0. The number of hydrogen-bond acceptors (Lipinski definition) is 4. The van der Waals surface area contributed by atoms with Crippen molar-refractivity contribution in [2.24, 2.45) is 0 Å². The van der Waals surface area contributed by atoms with Gasteiger partial charge in [0.05, 0.1) is 5.52 Å². The van der Waals surface area contributed by atoms with Crippen molar-refractivity contribution in [3.63, 3.8) is 0 Å². The van der Waals surface area contributed by atoms with E-state index in [0.717, 1.165) is 22.0 Å². The number of benzene rings is 2. The number of halogens is 1. The van der Waals surface area contributed by atoms with Crippen LogP contribution in [0.15, 0.2) is 54.7 Å². The zero-order valence-electron chi connectivity index (χ0n) is 15.8. The van der Waals surface area contributed by atoms with Crippen LogP contribution in [0, 0.1) is 0 Å². The van der Waals surface area contributed by atoms with Crippen LogP contribution in [0.4, 0.5) is 0 Å². The fourth-order valence-electron chi connectivity index (χ4n) is 2.75. The number of ether oxygens (including phenoxy) is 2. The smallest absolute Gasteiger partial charge is 0.347 e. The molecule has 1 aromatic heterocycles. The molecule has 2 aromatic carbocycles. The summed E-state index contributed by atoms with van der Waals surface area (Å²) in [5, 5.41) is 1.65. The summed E-state index contributed by atoms with van der Waals surface area (Å²) < 4.78 is 11.1. The van der Waals surface area contributed by atoms with E-state index in [1.54, 1.807) is 13.1 Å². The van der Waals surface area contributed by atoms with E-state index in [0.29, 0.717) is 10.8 Å². The average molecular weight is 384 g/mol. The number of rotatable bonds is 4. The second-order valence-electron chi connectivity index (χ2n) is 7.31. The number of aromatic nitrogens is 1. The van der Waals surface area contributed by atoms with E-state index in [1.807, 2.05) is 69.3 Å². The van der Waals surface area contributed by atoms with Crippen LogP contribution in [0.2, 0.25) is 5.02 Å². The first-order valence-corrected chi connectivity index (χ1v) is 9.15. The van der Waals surface area contributed by atoms with Crippen molar-refractivity contribution in [3.8, 4) is 16.9 Å². The van der Waals surface area contributed by atoms with Gasteiger partial charge < -0.3 is 9.47 Å². The maximum atomic E-state index is 12.1. The molecule has 0 bridgehead atoms. The molecule has 1 atom stereocenters. The van der Waals surface area contributed by atoms with Gasteiger partial charge in [-0.2, -0.15) is 0 Å². The molecule has 0 saturated carbocycles. The molecule has 0 radical (unpaired) electrons. The largest absolute Gasteiger partial charge is 0.479 e. The highest BCUT2D eigenvalue weighted by Crippen LogP contribution is 2.33. The third kappa shape index (κ3) is 4.58. The molecule has 0 spiro atoms. The van der Waals surface area contributed by atoms with E-state index in [-0.39, 0.29) is 0 Å². The summed E-state index contributed by atoms with van der Waals surface area (Å²) in [5.41, 5.74) is 2.16. The lowest BCUT2D eigenvalue weighted by atomic mass is 10.0. The van der Waals surface area contributed by atoms with Crippen LogP contribution >= 0.6 is 11.6 Å². The summed E-state index contributed by atoms with van der Waals surface area (Å²) in [6.07, 6.45) is 1.02. The highest BCUT2D eigenvalue weighted by molar-refractivity contribution is 6.33. The fourth-order valence-corrected chi connectivity index (χ4v) is 2.99. The monoisotopic (exact) mass is 383 g/mol. The molecule has 0 aliphatic carbocycles. The minimum Gasteiger partial charge on any atom is -0.479 e. The lowest BCUT2D eigenvalue weighted by molar-refractivity contribution is -0.162. The minimum atomic E-state index is -0.714. The maximum Gasteiger partial charge on any atom is 0.347 e. The molecular formula is C22H22ClNO3. The SMILES string of the molecule is C[C@@H](Oc1ccc2c(-c3ccccc3Cl)ccnc2c1)C(=O)OC(C)(C)C. The Labute approximate surface area is 164 Å². The molecule has 3 aromatic rings. The molecule has 0 unspecified atom stereocenters. The lowest BCUT2D eigenvalue weighted by Crippen LogP contribution is -2.33. The molecule has 5 heteroatoms. The molecule has 0 N–H and O–H groups in total. The number of nitrogens with zero attached hydrogens (tertiary/aromatic N) is 1. The summed E-state index contributed by atoms with van der Waals surface area (Å²) in [4.78, 5) is 16.6. The predicted octanol–water partition coefficient (Wildman–Crippen LogP) is 5.66. The van der Waals surface area contributed by atoms with Gasteiger partial charge in [0, 0.05) is 28.2 Å². The number of carbonyl (C=O) groups is 1. The quantitative estimate of drug-likeness (QED) is 0.545. The molecular weight excluding hydrogens is 362 g/mol. The zero-order valence-corrected chi connectivity index (χ0v) is 16.6. The van der Waals surface area contributed by atoms with Gasteiger partial charge in [-0.3, -0.25) is 4.98 Å². The van der Waals surface area contributed by atoms with Crippen molar-refractivity contribution >= 4 is 28.5 Å². The minimum absolute atomic E-state index is 0.402. The number of hydrogen-bond donors (Lipinski definition) is 0. The van der Waals surface area contributed by atoms with Crippen molar-refractivity contribution in [3.05, 3.63) is 59.8 Å². The number of fused-ring (bicyclic) bond motifs is 1. The summed E-state index contributed by atoms with van der Waals surface area (Å²) in [5.74, 6) is 0.157. The Morgan fingerprint density at radius 2 is 1.81 bits per heavy atom. The first-order valence-electron chi connectivity index (χ1n) is 8.78. The number of carbonyl (C=O) groups excluding carboxylic acids is 1. The Hall–Kier alpha value is -2.59. The van der Waals surface area contributed by atoms with Crippen LogP contribution < -0.4 is 4.74 Å². The van der Waals surface area contributed by atoms with E-state index < -0.39 is 17.7 Å². The van der Waals surface area contributed by atoms with Gasteiger partial charge in [0.25, 0.3) is 0 Å². The average Bonchev–Trinajstić information content (AvgIpc) is 2.60. The predicted molar refractivity (Wildman–Crippen MR) is 108 cm³/mol. The number of pyridine rings is 1. The van der Waals surface area contributed by atoms with Crippen molar-refractivity contribution in [2.45, 2.75) is 39.4 Å². The summed E-state index contributed by atoms with van der Waals surface area (Å²) >= 11 is 6.35. The highest BCUT2D eigenvalue weighted by atomic mass is 35.5. The summed E-state index contributed by atoms with van der Waals surface area (Å²) in [6, 6.07) is 15.2. The van der Waals surface area contributed by atoms with Gasteiger partial charge in [0.2, 0.25) is 0 Å². The molecule has 140 valence electrons. The van der Waals surface area contributed by atoms with Crippen LogP contribution in [-0.2, 0) is 9.53 Å². The van der Waals surface area contributed by atoms with E-state index in [4.69, 9.17) is 21.1 Å². The molecule has 0 aliphatic heterocycles. The maximum absolute atomic E-state index is 12.1. The Morgan fingerprint density at radius 3 is 2.52 bits per heavy atom. The molecule has 0 saturated heterocycles. The van der Waals surface area contributed by atoms with Crippen LogP contribution in [0.25, 0.3) is 22.0 Å². The van der Waals surface area contributed by atoms with Gasteiger partial charge in [-0.25, -0.2) is 4.79 Å². The van der Waals surface area contributed by atoms with Gasteiger partial charge in [0.1, 0.15) is 11.4 Å². The molecule has 0 fully saturated rings. The van der Waals surface area contributed by atoms with Crippen molar-refractivity contribution in [1.29, 1.82) is 0 Å². The molecule has 1 heterocycles. The van der Waals surface area contributed by atoms with E-state index in [2.05, 4.69) is 4.98 Å². The summed E-state index contributed by atoms with van der Waals surface area (Å²) in [6.45, 7) is 7.15. The third-order valence-corrected chi connectivity index (χ3v) is 4.26. The first-order chi connectivity index (χ1) is 12.7. The van der Waals surface area contributed by atoms with Crippen molar-refractivity contribution in [2.75, 3.05) is 0 Å². The third-order valence-electron chi connectivity index (χ3n) is 3.93. The standard InChI is InChI=1S/C22H22ClNO3/c1-14(21(25)27-22(2,3)4)26-15-9-10-18-16(11-12-24-20(18)13-15)17-7-5-6-8-19(17)23/h5-14H,1-4H3/t14-/m1/s1. The van der Waals surface area contributed by atoms with Crippen LogP contribution in [-0.4, -0.2) is 22.7 Å². The highest BCUT2D eigenvalue weighted by Gasteiger charge is 2.23. The molecule has 3 rings (SSSR count). The number of esters is 1. The Kier molecular flexibility index (Phi) is 5.38. The van der Waals surface area contributed by atoms with E-state index >= 15 is 0 Å². The zero-order chi connectivity index (χ0) is 19.6. The topological polar surface area (TPSA) is 48.4 Å². The Morgan fingerprint density at radius 1 is 1.07 bits per heavy atom. The Balaban J connectivity index is 1.89.